The molecule has 0 saturated heterocycles. The van der Waals surface area contributed by atoms with Gasteiger partial charge in [-0.2, -0.15) is 0 Å². The molecule has 10 heteroatoms. The Morgan fingerprint density at radius 3 is 2.54 bits per heavy atom. The van der Waals surface area contributed by atoms with Gasteiger partial charge < -0.3 is 15.0 Å². The summed E-state index contributed by atoms with van der Waals surface area (Å²) in [6.45, 7) is 2.54. The molecule has 26 heavy (non-hydrogen) atoms. The van der Waals surface area contributed by atoms with Crippen molar-refractivity contribution < 1.29 is 22.3 Å². The molecule has 2 aliphatic rings. The third kappa shape index (κ3) is 5.36. The van der Waals surface area contributed by atoms with Crippen molar-refractivity contribution in [3.63, 3.8) is 0 Å². The van der Waals surface area contributed by atoms with E-state index >= 15 is 0 Å². The summed E-state index contributed by atoms with van der Waals surface area (Å²) in [4.78, 5) is 5.87. The smallest absolute Gasteiger partial charge is 0.215 e. The second-order valence-corrected chi connectivity index (χ2v) is 7.42. The Bertz CT molecular complexity index is 1060. The molecule has 1 aromatic carbocycles. The van der Waals surface area contributed by atoms with Crippen molar-refractivity contribution >= 4 is 37.6 Å². The van der Waals surface area contributed by atoms with E-state index in [9.17, 15) is 0 Å². The number of hydrogen-bond donors (Lipinski definition) is 2. The predicted molar refractivity (Wildman–Crippen MR) is 101 cm³/mol. The van der Waals surface area contributed by atoms with E-state index in [-0.39, 0.29) is 0 Å². The van der Waals surface area contributed by atoms with Crippen molar-refractivity contribution in [3.8, 4) is 16.3 Å². The summed E-state index contributed by atoms with van der Waals surface area (Å²) in [6, 6.07) is 10.1. The second-order valence-electron chi connectivity index (χ2n) is 5.48. The standard InChI is InChI=1S/C16H17N3OS.H2O4S/c1-4-20-14-9-13-16(8-11(14)17)21-15-7-10(19(2)3)5-6-12(15)18-13;1-5(2,3)4/h5-9,17H,4H2,1-3H3;(H2,1,2,3,4). The highest BCUT2D eigenvalue weighted by Gasteiger charge is 2.11. The molecule has 3 rings (SSSR count). The number of hydrogen-bond acceptors (Lipinski definition) is 7. The molecular weight excluding hydrogens is 378 g/mol. The van der Waals surface area contributed by atoms with Crippen molar-refractivity contribution in [2.75, 3.05) is 26.4 Å². The summed E-state index contributed by atoms with van der Waals surface area (Å²) in [5.41, 5.74) is 8.61. The average molecular weight is 397 g/mol. The van der Waals surface area contributed by atoms with Crippen LogP contribution in [0, 0.1) is 0 Å². The van der Waals surface area contributed by atoms with E-state index in [0.717, 1.165) is 20.8 Å². The molecular formula is C16H19N3O5S2. The molecule has 1 aliphatic carbocycles. The molecule has 0 radical (unpaired) electrons. The molecule has 8 nitrogen and oxygen atoms in total. The number of nitrogens with two attached hydrogens (primary N) is 1. The van der Waals surface area contributed by atoms with Crippen molar-refractivity contribution in [3.05, 3.63) is 35.7 Å². The number of benzene rings is 2. The Kier molecular flexibility index (Phi) is 6.13. The Morgan fingerprint density at radius 2 is 1.96 bits per heavy atom. The highest BCUT2D eigenvalue weighted by Crippen LogP contribution is 2.34. The lowest BCUT2D eigenvalue weighted by molar-refractivity contribution is 0.342. The van der Waals surface area contributed by atoms with E-state index in [0.29, 0.717) is 18.0 Å². The number of nitrogen functional groups attached to an aromatic ring is 1. The van der Waals surface area contributed by atoms with Crippen LogP contribution in [0.2, 0.25) is 0 Å². The minimum absolute atomic E-state index is 0.596. The van der Waals surface area contributed by atoms with Crippen LogP contribution in [-0.4, -0.2) is 43.2 Å². The van der Waals surface area contributed by atoms with Crippen molar-refractivity contribution in [2.45, 2.75) is 6.92 Å². The molecule has 0 fully saturated rings. The van der Waals surface area contributed by atoms with E-state index in [1.54, 1.807) is 11.3 Å². The number of anilines is 1. The summed E-state index contributed by atoms with van der Waals surface area (Å²) < 4.78 is 41.5. The van der Waals surface area contributed by atoms with E-state index in [1.165, 1.54) is 5.36 Å². The second kappa shape index (κ2) is 7.96. The summed E-state index contributed by atoms with van der Waals surface area (Å²) in [5.74, 6) is 0.703. The maximum absolute atomic E-state index is 8.63. The van der Waals surface area contributed by atoms with Gasteiger partial charge >= 0.3 is 0 Å². The van der Waals surface area contributed by atoms with Gasteiger partial charge in [0.1, 0.15) is 19.8 Å². The lowest BCUT2D eigenvalue weighted by Crippen LogP contribution is -2.21. The first kappa shape index (κ1) is 20.0. The zero-order valence-corrected chi connectivity index (χ0v) is 16.1. The molecule has 0 atom stereocenters. The van der Waals surface area contributed by atoms with Crippen LogP contribution < -0.4 is 20.4 Å². The number of nitrogens with zero attached hydrogens (tertiary/aromatic N) is 2. The van der Waals surface area contributed by atoms with Crippen LogP contribution in [0.3, 0.4) is 0 Å². The lowest BCUT2D eigenvalue weighted by atomic mass is 10.2. The zero-order valence-electron chi connectivity index (χ0n) is 14.5. The van der Waals surface area contributed by atoms with Crippen LogP contribution in [0.5, 0.6) is 5.75 Å². The number of aromatic nitrogens is 1. The fraction of sp³-hybridized carbons (Fsp3) is 0.250. The van der Waals surface area contributed by atoms with E-state index in [4.69, 9.17) is 33.0 Å². The third-order valence-electron chi connectivity index (χ3n) is 3.31. The van der Waals surface area contributed by atoms with Gasteiger partial charge in [0.15, 0.2) is 0 Å². The topological polar surface area (TPSA) is 129 Å². The van der Waals surface area contributed by atoms with Crippen LogP contribution in [0.1, 0.15) is 6.92 Å². The summed E-state index contributed by atoms with van der Waals surface area (Å²) in [7, 11) is -0.848. The third-order valence-corrected chi connectivity index (χ3v) is 4.41. The normalized spacial score (nSPS) is 11.1. The first-order valence-electron chi connectivity index (χ1n) is 7.54. The predicted octanol–water partition coefficient (Wildman–Crippen LogP) is 1.42. The van der Waals surface area contributed by atoms with Gasteiger partial charge in [-0.15, -0.1) is 11.3 Å². The Balaban J connectivity index is 0.000000431. The number of ether oxygens (including phenoxy) is 1. The molecule has 1 aromatic rings. The molecule has 0 spiro atoms. The van der Waals surface area contributed by atoms with Crippen LogP contribution >= 0.6 is 11.3 Å². The maximum atomic E-state index is 8.63. The molecule has 3 N–H and O–H groups in total. The SMILES string of the molecule is CCOc1cc2nc3ccc(=[N+](C)C)cc-3sc2cc1N.O=S(=O)([O-])O. The average Bonchev–Trinajstić information content (AvgIpc) is 2.52. The number of rotatable bonds is 2. The van der Waals surface area contributed by atoms with Crippen LogP contribution in [0.25, 0.3) is 20.8 Å². The molecule has 0 amide bonds. The van der Waals surface area contributed by atoms with Crippen LogP contribution in [0.15, 0.2) is 30.3 Å². The summed E-state index contributed by atoms with van der Waals surface area (Å²) in [6.07, 6.45) is 0. The van der Waals surface area contributed by atoms with Gasteiger partial charge in [0.25, 0.3) is 0 Å². The summed E-state index contributed by atoms with van der Waals surface area (Å²) in [5, 5.41) is 1.17. The monoisotopic (exact) mass is 397 g/mol. The Labute approximate surface area is 155 Å². The van der Waals surface area contributed by atoms with Gasteiger partial charge in [0, 0.05) is 18.2 Å². The van der Waals surface area contributed by atoms with Crippen LogP contribution in [0.4, 0.5) is 5.69 Å². The van der Waals surface area contributed by atoms with Gasteiger partial charge in [-0.1, -0.05) is 0 Å². The van der Waals surface area contributed by atoms with Gasteiger partial charge in [0.2, 0.25) is 15.8 Å². The highest BCUT2D eigenvalue weighted by atomic mass is 32.3. The van der Waals surface area contributed by atoms with Crippen LogP contribution in [-0.2, 0) is 10.4 Å². The van der Waals surface area contributed by atoms with Gasteiger partial charge in [-0.25, -0.2) is 18.0 Å². The van der Waals surface area contributed by atoms with Gasteiger partial charge in [0.05, 0.1) is 33.1 Å². The van der Waals surface area contributed by atoms with Crippen molar-refractivity contribution in [1.29, 1.82) is 0 Å². The number of fused-ring (bicyclic) bond motifs is 2. The molecule has 0 bridgehead atoms. The minimum Gasteiger partial charge on any atom is -0.726 e. The van der Waals surface area contributed by atoms with E-state index in [2.05, 4.69) is 22.8 Å². The lowest BCUT2D eigenvalue weighted by Gasteiger charge is -2.10. The quantitative estimate of drug-likeness (QED) is 0.220. The fourth-order valence-corrected chi connectivity index (χ4v) is 3.25. The Hall–Kier alpha value is -2.27. The molecule has 0 aromatic heterocycles. The maximum Gasteiger partial charge on any atom is 0.215 e. The van der Waals surface area contributed by atoms with Gasteiger partial charge in [-0.05, 0) is 19.1 Å². The van der Waals surface area contributed by atoms with Crippen molar-refractivity contribution in [2.24, 2.45) is 0 Å². The first-order valence-corrected chi connectivity index (χ1v) is 9.72. The minimum atomic E-state index is -4.92. The van der Waals surface area contributed by atoms with Gasteiger partial charge in [-0.3, -0.25) is 4.55 Å². The molecule has 0 saturated carbocycles. The Morgan fingerprint density at radius 1 is 1.31 bits per heavy atom. The molecule has 1 aliphatic heterocycles. The largest absolute Gasteiger partial charge is 0.726 e. The molecule has 1 heterocycles. The first-order chi connectivity index (χ1) is 12.1. The fourth-order valence-electron chi connectivity index (χ4n) is 2.22. The molecule has 0 unspecified atom stereocenters. The van der Waals surface area contributed by atoms with E-state index < -0.39 is 10.4 Å². The molecule has 140 valence electrons. The van der Waals surface area contributed by atoms with Crippen molar-refractivity contribution in [1.82, 2.24) is 9.56 Å². The zero-order chi connectivity index (χ0) is 19.5. The summed E-state index contributed by atoms with van der Waals surface area (Å²) >= 11 is 1.70. The van der Waals surface area contributed by atoms with E-state index in [1.807, 2.05) is 33.2 Å². The highest BCUT2D eigenvalue weighted by molar-refractivity contribution is 7.79.